The van der Waals surface area contributed by atoms with Gasteiger partial charge in [-0.25, -0.2) is 9.97 Å². The van der Waals surface area contributed by atoms with Gasteiger partial charge in [-0.2, -0.15) is 0 Å². The van der Waals surface area contributed by atoms with E-state index in [9.17, 15) is 4.79 Å². The molecule has 0 saturated carbocycles. The van der Waals surface area contributed by atoms with Crippen molar-refractivity contribution in [3.8, 4) is 17.1 Å². The normalized spacial score (nSPS) is 13.3. The summed E-state index contributed by atoms with van der Waals surface area (Å²) in [7, 11) is 1.60. The molecule has 1 aliphatic heterocycles. The van der Waals surface area contributed by atoms with Crippen LogP contribution in [0.5, 0.6) is 5.88 Å². The van der Waals surface area contributed by atoms with Crippen molar-refractivity contribution in [2.75, 3.05) is 13.7 Å². The Labute approximate surface area is 158 Å². The lowest BCUT2D eigenvalue weighted by Gasteiger charge is -2.28. The molecule has 0 spiro atoms. The standard InChI is InChI=1S/C21H22N4O2/c1-27-20-9-8-17(13-23-20)18-14-22-19-15-24(11-12-25(18)19)21(26)10-7-16-5-3-2-4-6-16/h2-6,8-9,13-14H,7,10-12,15H2,1H3. The Morgan fingerprint density at radius 1 is 1.07 bits per heavy atom. The van der Waals surface area contributed by atoms with Gasteiger partial charge in [0.2, 0.25) is 11.8 Å². The maximum atomic E-state index is 12.6. The minimum absolute atomic E-state index is 0.181. The minimum atomic E-state index is 0.181. The van der Waals surface area contributed by atoms with Crippen LogP contribution in [-0.4, -0.2) is 39.0 Å². The molecule has 0 saturated heterocycles. The van der Waals surface area contributed by atoms with E-state index in [1.807, 2.05) is 41.4 Å². The summed E-state index contributed by atoms with van der Waals surface area (Å²) in [5, 5.41) is 0. The van der Waals surface area contributed by atoms with Crippen LogP contribution in [0.3, 0.4) is 0 Å². The van der Waals surface area contributed by atoms with Gasteiger partial charge in [-0.1, -0.05) is 30.3 Å². The van der Waals surface area contributed by atoms with Crippen molar-refractivity contribution in [2.24, 2.45) is 0 Å². The van der Waals surface area contributed by atoms with E-state index in [0.717, 1.165) is 30.0 Å². The predicted octanol–water partition coefficient (Wildman–Crippen LogP) is 2.93. The Kier molecular flexibility index (Phi) is 4.87. The zero-order valence-corrected chi connectivity index (χ0v) is 15.3. The van der Waals surface area contributed by atoms with E-state index >= 15 is 0 Å². The first-order valence-corrected chi connectivity index (χ1v) is 9.11. The van der Waals surface area contributed by atoms with Crippen molar-refractivity contribution in [1.82, 2.24) is 19.4 Å². The monoisotopic (exact) mass is 362 g/mol. The lowest BCUT2D eigenvalue weighted by molar-refractivity contribution is -0.132. The van der Waals surface area contributed by atoms with E-state index in [1.165, 1.54) is 5.56 Å². The van der Waals surface area contributed by atoms with E-state index in [-0.39, 0.29) is 5.91 Å². The summed E-state index contributed by atoms with van der Waals surface area (Å²) < 4.78 is 7.29. The molecular weight excluding hydrogens is 340 g/mol. The Morgan fingerprint density at radius 3 is 2.67 bits per heavy atom. The number of hydrogen-bond acceptors (Lipinski definition) is 4. The predicted molar refractivity (Wildman–Crippen MR) is 102 cm³/mol. The van der Waals surface area contributed by atoms with Gasteiger partial charge in [0.1, 0.15) is 5.82 Å². The third-order valence-electron chi connectivity index (χ3n) is 4.93. The summed E-state index contributed by atoms with van der Waals surface area (Å²) in [6.07, 6.45) is 4.95. The van der Waals surface area contributed by atoms with Crippen LogP contribution in [0, 0.1) is 0 Å². The fraction of sp³-hybridized carbons (Fsp3) is 0.286. The lowest BCUT2D eigenvalue weighted by Crippen LogP contribution is -2.38. The second kappa shape index (κ2) is 7.61. The van der Waals surface area contributed by atoms with Gasteiger partial charge in [0.05, 0.1) is 25.5 Å². The van der Waals surface area contributed by atoms with Gasteiger partial charge in [0, 0.05) is 37.3 Å². The van der Waals surface area contributed by atoms with Gasteiger partial charge in [0.25, 0.3) is 0 Å². The minimum Gasteiger partial charge on any atom is -0.481 e. The topological polar surface area (TPSA) is 60.2 Å². The van der Waals surface area contributed by atoms with Gasteiger partial charge in [0.15, 0.2) is 0 Å². The van der Waals surface area contributed by atoms with E-state index in [4.69, 9.17) is 4.74 Å². The summed E-state index contributed by atoms with van der Waals surface area (Å²) in [5.41, 5.74) is 3.22. The van der Waals surface area contributed by atoms with Gasteiger partial charge in [-0.15, -0.1) is 0 Å². The van der Waals surface area contributed by atoms with E-state index in [0.29, 0.717) is 25.4 Å². The quantitative estimate of drug-likeness (QED) is 0.700. The Morgan fingerprint density at radius 2 is 1.93 bits per heavy atom. The van der Waals surface area contributed by atoms with E-state index in [1.54, 1.807) is 13.3 Å². The molecule has 0 fully saturated rings. The third-order valence-corrected chi connectivity index (χ3v) is 4.93. The van der Waals surface area contributed by atoms with Crippen molar-refractivity contribution in [1.29, 1.82) is 0 Å². The number of rotatable bonds is 5. The number of fused-ring (bicyclic) bond motifs is 1. The van der Waals surface area contributed by atoms with Gasteiger partial charge in [-0.3, -0.25) is 4.79 Å². The number of aromatic nitrogens is 3. The lowest BCUT2D eigenvalue weighted by atomic mass is 10.1. The fourth-order valence-electron chi connectivity index (χ4n) is 3.41. The zero-order valence-electron chi connectivity index (χ0n) is 15.3. The SMILES string of the molecule is COc1ccc(-c2cnc3n2CCN(C(=O)CCc2ccccc2)C3)cn1. The number of amides is 1. The van der Waals surface area contributed by atoms with Crippen LogP contribution in [0.2, 0.25) is 0 Å². The highest BCUT2D eigenvalue weighted by molar-refractivity contribution is 5.76. The van der Waals surface area contributed by atoms with Crippen LogP contribution in [0.15, 0.2) is 54.9 Å². The van der Waals surface area contributed by atoms with Crippen LogP contribution < -0.4 is 4.74 Å². The summed E-state index contributed by atoms with van der Waals surface area (Å²) in [5.74, 6) is 1.69. The molecule has 3 heterocycles. The second-order valence-corrected chi connectivity index (χ2v) is 6.60. The van der Waals surface area contributed by atoms with Crippen molar-refractivity contribution >= 4 is 5.91 Å². The Balaban J connectivity index is 1.43. The van der Waals surface area contributed by atoms with Gasteiger partial charge < -0.3 is 14.2 Å². The molecule has 4 rings (SSSR count). The van der Waals surface area contributed by atoms with Crippen LogP contribution in [0.25, 0.3) is 11.3 Å². The summed E-state index contributed by atoms with van der Waals surface area (Å²) in [6.45, 7) is 2.00. The number of benzene rings is 1. The molecule has 0 N–H and O–H groups in total. The molecule has 27 heavy (non-hydrogen) atoms. The molecule has 1 aromatic carbocycles. The molecule has 0 atom stereocenters. The smallest absolute Gasteiger partial charge is 0.223 e. The van der Waals surface area contributed by atoms with E-state index < -0.39 is 0 Å². The number of nitrogens with zero attached hydrogens (tertiary/aromatic N) is 4. The first kappa shape index (κ1) is 17.3. The van der Waals surface area contributed by atoms with E-state index in [2.05, 4.69) is 26.7 Å². The summed E-state index contributed by atoms with van der Waals surface area (Å²) in [6, 6.07) is 14.0. The number of methoxy groups -OCH3 is 1. The van der Waals surface area contributed by atoms with Crippen LogP contribution in [0.1, 0.15) is 17.8 Å². The van der Waals surface area contributed by atoms with Crippen molar-refractivity contribution in [3.63, 3.8) is 0 Å². The number of ether oxygens (including phenoxy) is 1. The van der Waals surface area contributed by atoms with Gasteiger partial charge in [-0.05, 0) is 18.1 Å². The van der Waals surface area contributed by atoms with Crippen molar-refractivity contribution in [2.45, 2.75) is 25.9 Å². The highest BCUT2D eigenvalue weighted by Crippen LogP contribution is 2.25. The Hall–Kier alpha value is -3.15. The molecule has 1 aliphatic rings. The average Bonchev–Trinajstić information content (AvgIpc) is 3.16. The molecule has 0 radical (unpaired) electrons. The maximum absolute atomic E-state index is 12.6. The molecule has 0 bridgehead atoms. The highest BCUT2D eigenvalue weighted by atomic mass is 16.5. The molecule has 2 aromatic heterocycles. The molecular formula is C21H22N4O2. The van der Waals surface area contributed by atoms with Crippen LogP contribution in [-0.2, 0) is 24.3 Å². The van der Waals surface area contributed by atoms with Crippen LogP contribution >= 0.6 is 0 Å². The van der Waals surface area contributed by atoms with Crippen molar-refractivity contribution < 1.29 is 9.53 Å². The largest absolute Gasteiger partial charge is 0.481 e. The second-order valence-electron chi connectivity index (χ2n) is 6.60. The summed E-state index contributed by atoms with van der Waals surface area (Å²) >= 11 is 0. The zero-order chi connectivity index (χ0) is 18.6. The maximum Gasteiger partial charge on any atom is 0.223 e. The number of hydrogen-bond donors (Lipinski definition) is 0. The third kappa shape index (κ3) is 3.69. The number of carbonyl (C=O) groups is 1. The molecule has 138 valence electrons. The number of imidazole rings is 1. The summed E-state index contributed by atoms with van der Waals surface area (Å²) in [4.78, 5) is 23.3. The Bertz CT molecular complexity index is 919. The molecule has 3 aromatic rings. The molecule has 0 unspecified atom stereocenters. The molecule has 0 aliphatic carbocycles. The fourth-order valence-corrected chi connectivity index (χ4v) is 3.41. The number of pyridine rings is 1. The highest BCUT2D eigenvalue weighted by Gasteiger charge is 2.23. The molecule has 6 heteroatoms. The number of aryl methyl sites for hydroxylation is 1. The first-order valence-electron chi connectivity index (χ1n) is 9.11. The van der Waals surface area contributed by atoms with Crippen LogP contribution in [0.4, 0.5) is 0 Å². The van der Waals surface area contributed by atoms with Gasteiger partial charge >= 0.3 is 0 Å². The number of carbonyl (C=O) groups excluding carboxylic acids is 1. The van der Waals surface area contributed by atoms with Crippen molar-refractivity contribution in [3.05, 3.63) is 66.2 Å². The average molecular weight is 362 g/mol. The first-order chi connectivity index (χ1) is 13.2. The molecule has 1 amide bonds. The molecule has 6 nitrogen and oxygen atoms in total.